The molecule has 0 aliphatic carbocycles. The first-order valence-electron chi connectivity index (χ1n) is 6.03. The van der Waals surface area contributed by atoms with E-state index in [1.807, 2.05) is 4.68 Å². The third-order valence-corrected chi connectivity index (χ3v) is 3.30. The van der Waals surface area contributed by atoms with E-state index in [4.69, 9.17) is 5.11 Å². The summed E-state index contributed by atoms with van der Waals surface area (Å²) < 4.78 is 3.08. The van der Waals surface area contributed by atoms with Gasteiger partial charge in [0, 0.05) is 6.54 Å². The van der Waals surface area contributed by atoms with Crippen LogP contribution in [-0.4, -0.2) is 46.0 Å². The first-order valence-corrected chi connectivity index (χ1v) is 7.02. The van der Waals surface area contributed by atoms with Gasteiger partial charge in [0.15, 0.2) is 0 Å². The molecule has 0 spiro atoms. The van der Waals surface area contributed by atoms with Crippen LogP contribution in [0.25, 0.3) is 0 Å². The molecule has 2 rings (SSSR count). The molecule has 0 aliphatic rings. The average Bonchev–Trinajstić information content (AvgIpc) is 2.95. The molecule has 0 saturated heterocycles. The highest BCUT2D eigenvalue weighted by molar-refractivity contribution is 7.98. The van der Waals surface area contributed by atoms with Gasteiger partial charge in [-0.05, 0) is 16.3 Å². The predicted octanol–water partition coefficient (Wildman–Crippen LogP) is 0.297. The molecule has 0 saturated carbocycles. The van der Waals surface area contributed by atoms with Gasteiger partial charge in [0.2, 0.25) is 5.16 Å². The minimum absolute atomic E-state index is 0.256. The number of carboxylic acids is 1. The Morgan fingerprint density at radius 2 is 2.25 bits per heavy atom. The molecule has 0 amide bonds. The molecule has 2 aromatic heterocycles. The van der Waals surface area contributed by atoms with Gasteiger partial charge in [-0.3, -0.25) is 4.79 Å². The highest BCUT2D eigenvalue weighted by Crippen LogP contribution is 2.18. The molecule has 20 heavy (non-hydrogen) atoms. The van der Waals surface area contributed by atoms with Crippen molar-refractivity contribution in [2.75, 3.05) is 0 Å². The van der Waals surface area contributed by atoms with Crippen LogP contribution in [0.3, 0.4) is 0 Å². The highest BCUT2D eigenvalue weighted by atomic mass is 32.2. The van der Waals surface area contributed by atoms with Gasteiger partial charge in [-0.25, -0.2) is 14.3 Å². The number of rotatable bonds is 7. The van der Waals surface area contributed by atoms with Crippen LogP contribution < -0.4 is 0 Å². The molecular formula is C10H15N7O2S. The lowest BCUT2D eigenvalue weighted by Gasteiger charge is -2.07. The Labute approximate surface area is 119 Å². The fraction of sp³-hybridized carbons (Fsp3) is 0.600. The summed E-state index contributed by atoms with van der Waals surface area (Å²) in [6, 6.07) is 0. The molecule has 10 heteroatoms. The lowest BCUT2D eigenvalue weighted by molar-refractivity contribution is -0.138. The number of thioether (sulfide) groups is 1. The number of hydrogen-bond donors (Lipinski definition) is 1. The third kappa shape index (κ3) is 3.76. The van der Waals surface area contributed by atoms with E-state index >= 15 is 0 Å². The number of nitrogens with zero attached hydrogens (tertiary/aromatic N) is 7. The lowest BCUT2D eigenvalue weighted by Crippen LogP contribution is -2.12. The Morgan fingerprint density at radius 1 is 1.45 bits per heavy atom. The largest absolute Gasteiger partial charge is 0.480 e. The number of aromatic nitrogens is 7. The topological polar surface area (TPSA) is 112 Å². The van der Waals surface area contributed by atoms with Crippen LogP contribution in [-0.2, 0) is 23.6 Å². The van der Waals surface area contributed by atoms with Gasteiger partial charge in [-0.2, -0.15) is 5.10 Å². The maximum absolute atomic E-state index is 10.7. The smallest absolute Gasteiger partial charge is 0.325 e. The fourth-order valence-electron chi connectivity index (χ4n) is 1.55. The van der Waals surface area contributed by atoms with Crippen LogP contribution in [0.15, 0.2) is 11.5 Å². The van der Waals surface area contributed by atoms with Gasteiger partial charge in [0.05, 0.1) is 5.75 Å². The van der Waals surface area contributed by atoms with Gasteiger partial charge >= 0.3 is 5.97 Å². The summed E-state index contributed by atoms with van der Waals surface area (Å²) in [5.41, 5.74) is 0. The van der Waals surface area contributed by atoms with Crippen LogP contribution in [0.2, 0.25) is 0 Å². The van der Waals surface area contributed by atoms with E-state index < -0.39 is 5.97 Å². The summed E-state index contributed by atoms with van der Waals surface area (Å²) >= 11 is 1.33. The Morgan fingerprint density at radius 3 is 2.95 bits per heavy atom. The maximum atomic E-state index is 10.7. The standard InChI is InChI=1S/C10H15N7O2S/c1-7(2)3-16-8(11-6-12-16)5-20-10-13-14-15-17(10)4-9(18)19/h6-7H,3-5H2,1-2H3,(H,18,19). The molecule has 0 atom stereocenters. The first kappa shape index (κ1) is 14.4. The molecule has 0 aliphatic heterocycles. The molecule has 0 aromatic carbocycles. The second-order valence-electron chi connectivity index (χ2n) is 4.55. The summed E-state index contributed by atoms with van der Waals surface area (Å²) in [5, 5.41) is 24.3. The van der Waals surface area contributed by atoms with Crippen LogP contribution in [0, 0.1) is 5.92 Å². The van der Waals surface area contributed by atoms with E-state index in [9.17, 15) is 4.79 Å². The molecule has 9 nitrogen and oxygen atoms in total. The van der Waals surface area contributed by atoms with Crippen molar-refractivity contribution in [2.45, 2.75) is 37.8 Å². The monoisotopic (exact) mass is 297 g/mol. The summed E-state index contributed by atoms with van der Waals surface area (Å²) in [5.74, 6) is 0.834. The van der Waals surface area contributed by atoms with Gasteiger partial charge < -0.3 is 5.11 Å². The fourth-order valence-corrected chi connectivity index (χ4v) is 2.38. The Bertz CT molecular complexity index is 580. The molecule has 0 unspecified atom stereocenters. The van der Waals surface area contributed by atoms with Crippen molar-refractivity contribution in [1.29, 1.82) is 0 Å². The third-order valence-electron chi connectivity index (χ3n) is 2.35. The van der Waals surface area contributed by atoms with E-state index in [-0.39, 0.29) is 6.54 Å². The average molecular weight is 297 g/mol. The number of carbonyl (C=O) groups is 1. The summed E-state index contributed by atoms with van der Waals surface area (Å²) in [7, 11) is 0. The van der Waals surface area contributed by atoms with E-state index in [2.05, 4.69) is 39.5 Å². The second kappa shape index (κ2) is 6.46. The van der Waals surface area contributed by atoms with Crippen molar-refractivity contribution >= 4 is 17.7 Å². The molecule has 2 aromatic rings. The zero-order valence-electron chi connectivity index (χ0n) is 11.2. The minimum Gasteiger partial charge on any atom is -0.480 e. The molecule has 108 valence electrons. The van der Waals surface area contributed by atoms with Gasteiger partial charge in [-0.1, -0.05) is 25.6 Å². The molecule has 0 radical (unpaired) electrons. The molecule has 1 N–H and O–H groups in total. The van der Waals surface area contributed by atoms with Crippen molar-refractivity contribution in [3.8, 4) is 0 Å². The summed E-state index contributed by atoms with van der Waals surface area (Å²) in [4.78, 5) is 14.9. The Hall–Kier alpha value is -1.97. The van der Waals surface area contributed by atoms with Crippen molar-refractivity contribution in [3.63, 3.8) is 0 Å². The quantitative estimate of drug-likeness (QED) is 0.726. The van der Waals surface area contributed by atoms with Crippen LogP contribution >= 0.6 is 11.8 Å². The molecule has 0 bridgehead atoms. The van der Waals surface area contributed by atoms with Crippen LogP contribution in [0.1, 0.15) is 19.7 Å². The maximum Gasteiger partial charge on any atom is 0.325 e. The van der Waals surface area contributed by atoms with Crippen molar-refractivity contribution in [1.82, 2.24) is 35.0 Å². The van der Waals surface area contributed by atoms with Gasteiger partial charge in [0.25, 0.3) is 0 Å². The van der Waals surface area contributed by atoms with E-state index in [0.717, 1.165) is 12.4 Å². The van der Waals surface area contributed by atoms with E-state index in [1.165, 1.54) is 22.8 Å². The number of carboxylic acid groups (broad SMARTS) is 1. The number of hydrogen-bond acceptors (Lipinski definition) is 7. The predicted molar refractivity (Wildman–Crippen MR) is 69.9 cm³/mol. The first-order chi connectivity index (χ1) is 9.56. The SMILES string of the molecule is CC(C)Cn1ncnc1CSc1nnnn1CC(=O)O. The van der Waals surface area contributed by atoms with Gasteiger partial charge in [0.1, 0.15) is 18.7 Å². The number of tetrazole rings is 1. The normalized spacial score (nSPS) is 11.2. The van der Waals surface area contributed by atoms with Crippen molar-refractivity contribution in [2.24, 2.45) is 5.92 Å². The summed E-state index contributed by atoms with van der Waals surface area (Å²) in [6.45, 7) is 4.74. The van der Waals surface area contributed by atoms with Crippen molar-refractivity contribution < 1.29 is 9.90 Å². The Kier molecular flexibility index (Phi) is 4.66. The molecular weight excluding hydrogens is 282 g/mol. The zero-order valence-corrected chi connectivity index (χ0v) is 12.0. The van der Waals surface area contributed by atoms with E-state index in [1.54, 1.807) is 0 Å². The second-order valence-corrected chi connectivity index (χ2v) is 5.50. The highest BCUT2D eigenvalue weighted by Gasteiger charge is 2.12. The van der Waals surface area contributed by atoms with Crippen LogP contribution in [0.4, 0.5) is 0 Å². The Balaban J connectivity index is 2.00. The number of aliphatic carboxylic acids is 1. The van der Waals surface area contributed by atoms with Crippen molar-refractivity contribution in [3.05, 3.63) is 12.2 Å². The van der Waals surface area contributed by atoms with Crippen LogP contribution in [0.5, 0.6) is 0 Å². The molecule has 0 fully saturated rings. The summed E-state index contributed by atoms with van der Waals surface area (Å²) in [6.07, 6.45) is 1.51. The molecule has 2 heterocycles. The zero-order chi connectivity index (χ0) is 14.5. The van der Waals surface area contributed by atoms with E-state index in [0.29, 0.717) is 16.8 Å². The van der Waals surface area contributed by atoms with Gasteiger partial charge in [-0.15, -0.1) is 5.10 Å². The minimum atomic E-state index is -0.984. The lowest BCUT2D eigenvalue weighted by atomic mass is 10.2.